The van der Waals surface area contributed by atoms with Gasteiger partial charge >= 0.3 is 0 Å². The molecule has 0 aromatic heterocycles. The highest BCUT2D eigenvalue weighted by molar-refractivity contribution is 4.97. The highest BCUT2D eigenvalue weighted by Gasteiger charge is 2.24. The average molecular weight is 197 g/mol. The summed E-state index contributed by atoms with van der Waals surface area (Å²) in [5.74, 6) is 0.592. The SMILES string of the molecule is C=C(C(C)CC(C)(CC)CC)N(C)C. The van der Waals surface area contributed by atoms with Gasteiger partial charge in [-0.2, -0.15) is 0 Å². The molecule has 0 heterocycles. The maximum Gasteiger partial charge on any atom is 0.00834 e. The van der Waals surface area contributed by atoms with Crippen molar-refractivity contribution in [2.75, 3.05) is 14.1 Å². The fourth-order valence-electron chi connectivity index (χ4n) is 1.84. The summed E-state index contributed by atoms with van der Waals surface area (Å²) < 4.78 is 0. The van der Waals surface area contributed by atoms with Crippen molar-refractivity contribution in [3.05, 3.63) is 12.3 Å². The van der Waals surface area contributed by atoms with Crippen molar-refractivity contribution in [2.45, 2.75) is 47.0 Å². The van der Waals surface area contributed by atoms with E-state index < -0.39 is 0 Å². The molecule has 0 amide bonds. The lowest BCUT2D eigenvalue weighted by Gasteiger charge is -2.32. The first-order chi connectivity index (χ1) is 6.36. The molecule has 0 N–H and O–H groups in total. The van der Waals surface area contributed by atoms with Crippen LogP contribution in [0.4, 0.5) is 0 Å². The first-order valence-corrected chi connectivity index (χ1v) is 5.72. The number of nitrogens with zero attached hydrogens (tertiary/aromatic N) is 1. The molecule has 14 heavy (non-hydrogen) atoms. The molecule has 1 unspecified atom stereocenters. The zero-order chi connectivity index (χ0) is 11.4. The quantitative estimate of drug-likeness (QED) is 0.624. The Morgan fingerprint density at radius 2 is 1.71 bits per heavy atom. The van der Waals surface area contributed by atoms with E-state index in [0.717, 1.165) is 0 Å². The van der Waals surface area contributed by atoms with Gasteiger partial charge in [0.15, 0.2) is 0 Å². The zero-order valence-corrected chi connectivity index (χ0v) is 10.9. The minimum absolute atomic E-state index is 0.484. The fraction of sp³-hybridized carbons (Fsp3) is 0.846. The van der Waals surface area contributed by atoms with Crippen molar-refractivity contribution in [2.24, 2.45) is 11.3 Å². The van der Waals surface area contributed by atoms with Gasteiger partial charge in [-0.25, -0.2) is 0 Å². The third-order valence-corrected chi connectivity index (χ3v) is 3.65. The molecule has 0 rings (SSSR count). The Hall–Kier alpha value is -0.460. The van der Waals surface area contributed by atoms with Gasteiger partial charge in [0.05, 0.1) is 0 Å². The lowest BCUT2D eigenvalue weighted by Crippen LogP contribution is -2.23. The van der Waals surface area contributed by atoms with E-state index in [4.69, 9.17) is 0 Å². The third kappa shape index (κ3) is 3.73. The summed E-state index contributed by atoms with van der Waals surface area (Å²) >= 11 is 0. The first-order valence-electron chi connectivity index (χ1n) is 5.72. The summed E-state index contributed by atoms with van der Waals surface area (Å²) in [4.78, 5) is 2.14. The Balaban J connectivity index is 4.29. The molecule has 0 saturated carbocycles. The molecular weight excluding hydrogens is 170 g/mol. The molecule has 0 spiro atoms. The van der Waals surface area contributed by atoms with Crippen molar-refractivity contribution < 1.29 is 0 Å². The molecule has 0 aliphatic rings. The summed E-state index contributed by atoms with van der Waals surface area (Å²) in [7, 11) is 4.15. The Morgan fingerprint density at radius 3 is 2.00 bits per heavy atom. The summed E-state index contributed by atoms with van der Waals surface area (Å²) in [5.41, 5.74) is 1.73. The van der Waals surface area contributed by atoms with Crippen LogP contribution in [0.15, 0.2) is 12.3 Å². The van der Waals surface area contributed by atoms with Crippen LogP contribution in [0.3, 0.4) is 0 Å². The van der Waals surface area contributed by atoms with Crippen LogP contribution in [0, 0.1) is 11.3 Å². The van der Waals surface area contributed by atoms with Gasteiger partial charge in [-0.1, -0.05) is 47.1 Å². The molecule has 1 nitrogen and oxygen atoms in total. The third-order valence-electron chi connectivity index (χ3n) is 3.65. The van der Waals surface area contributed by atoms with Gasteiger partial charge in [0.1, 0.15) is 0 Å². The molecule has 0 radical (unpaired) electrons. The van der Waals surface area contributed by atoms with E-state index in [9.17, 15) is 0 Å². The number of rotatable bonds is 6. The summed E-state index contributed by atoms with van der Waals surface area (Å²) in [6.07, 6.45) is 3.76. The van der Waals surface area contributed by atoms with Crippen LogP contribution in [0.5, 0.6) is 0 Å². The minimum atomic E-state index is 0.484. The van der Waals surface area contributed by atoms with Gasteiger partial charge < -0.3 is 4.90 Å². The smallest absolute Gasteiger partial charge is 0.00834 e. The van der Waals surface area contributed by atoms with Crippen LogP contribution >= 0.6 is 0 Å². The Kier molecular flexibility index (Phi) is 5.25. The van der Waals surface area contributed by atoms with E-state index in [1.165, 1.54) is 25.0 Å². The van der Waals surface area contributed by atoms with Gasteiger partial charge in [0, 0.05) is 19.8 Å². The van der Waals surface area contributed by atoms with Crippen LogP contribution in [-0.2, 0) is 0 Å². The molecule has 0 fully saturated rings. The molecule has 0 aromatic carbocycles. The van der Waals surface area contributed by atoms with E-state index in [-0.39, 0.29) is 0 Å². The second-order valence-corrected chi connectivity index (χ2v) is 5.01. The molecule has 0 saturated heterocycles. The predicted octanol–water partition coefficient (Wildman–Crippen LogP) is 3.91. The maximum absolute atomic E-state index is 4.13. The maximum atomic E-state index is 4.13. The first kappa shape index (κ1) is 13.5. The van der Waals surface area contributed by atoms with Crippen LogP contribution in [0.2, 0.25) is 0 Å². The molecular formula is C13H27N. The van der Waals surface area contributed by atoms with Crippen molar-refractivity contribution in [1.29, 1.82) is 0 Å². The molecule has 0 aromatic rings. The van der Waals surface area contributed by atoms with Gasteiger partial charge in [-0.3, -0.25) is 0 Å². The highest BCUT2D eigenvalue weighted by Crippen LogP contribution is 2.35. The van der Waals surface area contributed by atoms with Crippen molar-refractivity contribution in [3.8, 4) is 0 Å². The highest BCUT2D eigenvalue weighted by atomic mass is 15.1. The number of hydrogen-bond donors (Lipinski definition) is 0. The van der Waals surface area contributed by atoms with Crippen molar-refractivity contribution in [3.63, 3.8) is 0 Å². The van der Waals surface area contributed by atoms with Gasteiger partial charge in [0.25, 0.3) is 0 Å². The molecule has 0 aliphatic heterocycles. The van der Waals surface area contributed by atoms with Gasteiger partial charge in [-0.05, 0) is 17.8 Å². The fourth-order valence-corrected chi connectivity index (χ4v) is 1.84. The lowest BCUT2D eigenvalue weighted by molar-refractivity contribution is 0.228. The van der Waals surface area contributed by atoms with E-state index in [2.05, 4.69) is 53.3 Å². The normalized spacial score (nSPS) is 13.9. The van der Waals surface area contributed by atoms with Crippen LogP contribution in [0.25, 0.3) is 0 Å². The lowest BCUT2D eigenvalue weighted by atomic mass is 9.76. The van der Waals surface area contributed by atoms with Gasteiger partial charge in [-0.15, -0.1) is 0 Å². The summed E-state index contributed by atoms with van der Waals surface area (Å²) in [6, 6.07) is 0. The Morgan fingerprint density at radius 1 is 1.29 bits per heavy atom. The monoisotopic (exact) mass is 197 g/mol. The predicted molar refractivity (Wildman–Crippen MR) is 65.3 cm³/mol. The molecule has 1 atom stereocenters. The standard InChI is InChI=1S/C13H27N/c1-8-13(5,9-2)10-11(3)12(4)14(6)7/h11H,4,8-10H2,1-3,5-7H3. The van der Waals surface area contributed by atoms with Crippen LogP contribution in [0.1, 0.15) is 47.0 Å². The Bertz CT molecular complexity index is 178. The zero-order valence-electron chi connectivity index (χ0n) is 10.9. The summed E-state index contributed by atoms with van der Waals surface area (Å²) in [5, 5.41) is 0. The number of allylic oxidation sites excluding steroid dienone is 1. The largest absolute Gasteiger partial charge is 0.381 e. The molecule has 0 bridgehead atoms. The average Bonchev–Trinajstić information content (AvgIpc) is 2.16. The molecule has 84 valence electrons. The van der Waals surface area contributed by atoms with E-state index in [0.29, 0.717) is 11.3 Å². The Labute approximate surface area is 90.2 Å². The topological polar surface area (TPSA) is 3.24 Å². The molecule has 1 heteroatoms. The van der Waals surface area contributed by atoms with Crippen molar-refractivity contribution >= 4 is 0 Å². The van der Waals surface area contributed by atoms with Gasteiger partial charge in [0.2, 0.25) is 0 Å². The van der Waals surface area contributed by atoms with E-state index >= 15 is 0 Å². The van der Waals surface area contributed by atoms with E-state index in [1.807, 2.05) is 0 Å². The minimum Gasteiger partial charge on any atom is -0.381 e. The number of hydrogen-bond acceptors (Lipinski definition) is 1. The van der Waals surface area contributed by atoms with Crippen LogP contribution < -0.4 is 0 Å². The second-order valence-electron chi connectivity index (χ2n) is 5.01. The van der Waals surface area contributed by atoms with E-state index in [1.54, 1.807) is 0 Å². The second kappa shape index (κ2) is 5.43. The van der Waals surface area contributed by atoms with Crippen LogP contribution in [-0.4, -0.2) is 19.0 Å². The molecule has 0 aliphatic carbocycles. The van der Waals surface area contributed by atoms with Crippen molar-refractivity contribution in [1.82, 2.24) is 4.90 Å². The summed E-state index contributed by atoms with van der Waals surface area (Å²) in [6.45, 7) is 13.4.